The molecule has 0 amide bonds. The van der Waals surface area contributed by atoms with E-state index in [9.17, 15) is 31.6 Å². The fourth-order valence-electron chi connectivity index (χ4n) is 3.00. The molecule has 0 aliphatic carbocycles. The van der Waals surface area contributed by atoms with Crippen molar-refractivity contribution in [3.63, 3.8) is 0 Å². The van der Waals surface area contributed by atoms with E-state index in [4.69, 9.17) is 0 Å². The summed E-state index contributed by atoms with van der Waals surface area (Å²) in [5.74, 6) is 0.0471. The number of pyridine rings is 1. The standard InChI is InChI=1S/C20H10F6N6/c21-19(22,23)12-3-5-13(6-4-12)30-18-15(9-27)31-16-8-11(10-29-32(16)18)17-14(20(24,25)26)2-1-7-28-17/h1-8,10,30H. The molecule has 32 heavy (non-hydrogen) atoms. The first kappa shape index (κ1) is 21.1. The van der Waals surface area contributed by atoms with Crippen molar-refractivity contribution in [3.8, 4) is 17.3 Å². The Hall–Kier alpha value is -4.14. The number of nitriles is 1. The number of alkyl halides is 6. The highest BCUT2D eigenvalue weighted by molar-refractivity contribution is 5.71. The molecule has 0 spiro atoms. The molecule has 0 fully saturated rings. The molecule has 0 aliphatic heterocycles. The molecule has 1 N–H and O–H groups in total. The van der Waals surface area contributed by atoms with E-state index in [1.807, 2.05) is 6.07 Å². The van der Waals surface area contributed by atoms with Crippen LogP contribution in [-0.2, 0) is 12.4 Å². The van der Waals surface area contributed by atoms with Crippen LogP contribution in [0.15, 0.2) is 54.9 Å². The van der Waals surface area contributed by atoms with Gasteiger partial charge in [0.15, 0.2) is 17.2 Å². The van der Waals surface area contributed by atoms with Gasteiger partial charge in [0.25, 0.3) is 0 Å². The molecule has 0 saturated heterocycles. The molecule has 162 valence electrons. The minimum absolute atomic E-state index is 0.0287. The fourth-order valence-corrected chi connectivity index (χ4v) is 3.00. The number of imidazole rings is 1. The second-order valence-corrected chi connectivity index (χ2v) is 6.53. The van der Waals surface area contributed by atoms with Crippen molar-refractivity contribution in [2.45, 2.75) is 12.4 Å². The number of aromatic nitrogens is 4. The van der Waals surface area contributed by atoms with Gasteiger partial charge in [-0.1, -0.05) is 0 Å². The molecule has 3 aromatic heterocycles. The van der Waals surface area contributed by atoms with E-state index in [0.717, 1.165) is 35.0 Å². The lowest BCUT2D eigenvalue weighted by Crippen LogP contribution is -2.08. The number of anilines is 2. The summed E-state index contributed by atoms with van der Waals surface area (Å²) in [5, 5.41) is 16.2. The maximum absolute atomic E-state index is 13.3. The first-order valence-electron chi connectivity index (χ1n) is 8.83. The number of halogens is 6. The molecule has 0 radical (unpaired) electrons. The topological polar surface area (TPSA) is 78.9 Å². The van der Waals surface area contributed by atoms with Gasteiger partial charge in [0.05, 0.1) is 23.0 Å². The Labute approximate surface area is 175 Å². The van der Waals surface area contributed by atoms with E-state index in [0.29, 0.717) is 0 Å². The SMILES string of the molecule is N#Cc1nc2cc(-c3ncccc3C(F)(F)F)cnn2c1Nc1ccc(C(F)(F)F)cc1. The van der Waals surface area contributed by atoms with Crippen molar-refractivity contribution < 1.29 is 26.3 Å². The molecule has 12 heteroatoms. The van der Waals surface area contributed by atoms with Gasteiger partial charge in [-0.05, 0) is 42.5 Å². The molecule has 0 unspecified atom stereocenters. The van der Waals surface area contributed by atoms with Crippen LogP contribution in [0.5, 0.6) is 0 Å². The lowest BCUT2D eigenvalue weighted by Gasteiger charge is -2.12. The van der Waals surface area contributed by atoms with Crippen LogP contribution in [0.1, 0.15) is 16.8 Å². The Balaban J connectivity index is 1.75. The van der Waals surface area contributed by atoms with E-state index >= 15 is 0 Å². The molecular formula is C20H10F6N6. The highest BCUT2D eigenvalue weighted by Crippen LogP contribution is 2.36. The lowest BCUT2D eigenvalue weighted by molar-refractivity contribution is -0.138. The maximum Gasteiger partial charge on any atom is 0.418 e. The smallest absolute Gasteiger partial charge is 0.338 e. The third-order valence-electron chi connectivity index (χ3n) is 4.44. The second kappa shape index (κ2) is 7.52. The normalized spacial score (nSPS) is 12.0. The zero-order chi connectivity index (χ0) is 23.1. The van der Waals surface area contributed by atoms with Crippen molar-refractivity contribution in [3.05, 3.63) is 71.7 Å². The molecule has 6 nitrogen and oxygen atoms in total. The number of nitrogens with zero attached hydrogens (tertiary/aromatic N) is 5. The van der Waals surface area contributed by atoms with Gasteiger partial charge in [0.2, 0.25) is 0 Å². The predicted molar refractivity (Wildman–Crippen MR) is 101 cm³/mol. The Morgan fingerprint density at radius 3 is 2.31 bits per heavy atom. The summed E-state index contributed by atoms with van der Waals surface area (Å²) >= 11 is 0. The van der Waals surface area contributed by atoms with Gasteiger partial charge in [0, 0.05) is 17.4 Å². The van der Waals surface area contributed by atoms with Crippen molar-refractivity contribution in [1.82, 2.24) is 19.6 Å². The average Bonchev–Trinajstić information content (AvgIpc) is 3.09. The van der Waals surface area contributed by atoms with Crippen LogP contribution in [0, 0.1) is 11.3 Å². The summed E-state index contributed by atoms with van der Waals surface area (Å²) in [5.41, 5.74) is -2.00. The van der Waals surface area contributed by atoms with Gasteiger partial charge >= 0.3 is 12.4 Å². The molecule has 0 aliphatic rings. The summed E-state index contributed by atoms with van der Waals surface area (Å²) in [6, 6.07) is 9.22. The third-order valence-corrected chi connectivity index (χ3v) is 4.44. The summed E-state index contributed by atoms with van der Waals surface area (Å²) in [6.45, 7) is 0. The van der Waals surface area contributed by atoms with Crippen LogP contribution in [0.3, 0.4) is 0 Å². The largest absolute Gasteiger partial charge is 0.418 e. The van der Waals surface area contributed by atoms with Crippen LogP contribution in [0.25, 0.3) is 16.9 Å². The minimum Gasteiger partial charge on any atom is -0.338 e. The average molecular weight is 448 g/mol. The zero-order valence-electron chi connectivity index (χ0n) is 15.7. The molecule has 1 aromatic carbocycles. The Morgan fingerprint density at radius 1 is 0.969 bits per heavy atom. The van der Waals surface area contributed by atoms with Crippen LogP contribution >= 0.6 is 0 Å². The molecule has 0 bridgehead atoms. The third kappa shape index (κ3) is 3.92. The number of hydrogen-bond acceptors (Lipinski definition) is 5. The molecule has 3 heterocycles. The number of rotatable bonds is 3. The summed E-state index contributed by atoms with van der Waals surface area (Å²) in [4.78, 5) is 7.85. The summed E-state index contributed by atoms with van der Waals surface area (Å²) in [7, 11) is 0. The van der Waals surface area contributed by atoms with E-state index < -0.39 is 23.5 Å². The van der Waals surface area contributed by atoms with Crippen LogP contribution < -0.4 is 5.32 Å². The monoisotopic (exact) mass is 448 g/mol. The van der Waals surface area contributed by atoms with Crippen molar-refractivity contribution >= 4 is 17.2 Å². The van der Waals surface area contributed by atoms with Gasteiger partial charge in [-0.15, -0.1) is 0 Å². The fraction of sp³-hybridized carbons (Fsp3) is 0.100. The van der Waals surface area contributed by atoms with Gasteiger partial charge in [0.1, 0.15) is 6.07 Å². The summed E-state index contributed by atoms with van der Waals surface area (Å²) < 4.78 is 79.3. The Bertz CT molecular complexity index is 1330. The molecule has 4 aromatic rings. The van der Waals surface area contributed by atoms with Gasteiger partial charge in [-0.25, -0.2) is 4.98 Å². The van der Waals surface area contributed by atoms with Crippen LogP contribution in [-0.4, -0.2) is 19.6 Å². The van der Waals surface area contributed by atoms with Gasteiger partial charge in [-0.3, -0.25) is 4.98 Å². The number of fused-ring (bicyclic) bond motifs is 1. The highest BCUT2D eigenvalue weighted by Gasteiger charge is 2.34. The first-order valence-corrected chi connectivity index (χ1v) is 8.83. The number of hydrogen-bond donors (Lipinski definition) is 1. The van der Waals surface area contributed by atoms with E-state index in [1.165, 1.54) is 24.4 Å². The Morgan fingerprint density at radius 2 is 1.69 bits per heavy atom. The van der Waals surface area contributed by atoms with E-state index in [-0.39, 0.29) is 34.1 Å². The first-order chi connectivity index (χ1) is 15.1. The quantitative estimate of drug-likeness (QED) is 0.422. The van der Waals surface area contributed by atoms with Crippen LogP contribution in [0.2, 0.25) is 0 Å². The van der Waals surface area contributed by atoms with Crippen molar-refractivity contribution in [2.24, 2.45) is 0 Å². The number of benzene rings is 1. The molecule has 0 saturated carbocycles. The zero-order valence-corrected chi connectivity index (χ0v) is 15.7. The molecular weight excluding hydrogens is 438 g/mol. The lowest BCUT2D eigenvalue weighted by atomic mass is 10.1. The highest BCUT2D eigenvalue weighted by atomic mass is 19.4. The van der Waals surface area contributed by atoms with Gasteiger partial charge in [-0.2, -0.15) is 41.2 Å². The van der Waals surface area contributed by atoms with Gasteiger partial charge < -0.3 is 5.32 Å². The maximum atomic E-state index is 13.3. The second-order valence-electron chi connectivity index (χ2n) is 6.53. The van der Waals surface area contributed by atoms with Crippen molar-refractivity contribution in [1.29, 1.82) is 5.26 Å². The molecule has 0 atom stereocenters. The minimum atomic E-state index is -4.64. The predicted octanol–water partition coefficient (Wildman–Crippen LogP) is 5.44. The summed E-state index contributed by atoms with van der Waals surface area (Å²) in [6.07, 6.45) is -6.80. The van der Waals surface area contributed by atoms with Crippen LogP contribution in [0.4, 0.5) is 37.8 Å². The van der Waals surface area contributed by atoms with Crippen molar-refractivity contribution in [2.75, 3.05) is 5.32 Å². The Kier molecular flexibility index (Phi) is 4.96. The van der Waals surface area contributed by atoms with E-state index in [2.05, 4.69) is 20.4 Å². The number of nitrogens with one attached hydrogen (secondary N) is 1. The van der Waals surface area contributed by atoms with E-state index in [1.54, 1.807) is 0 Å². The molecule has 4 rings (SSSR count).